The molecule has 2 N–H and O–H groups in total. The summed E-state index contributed by atoms with van der Waals surface area (Å²) in [7, 11) is 1.94. The topological polar surface area (TPSA) is 52.8 Å². The second-order valence-corrected chi connectivity index (χ2v) is 5.85. The maximum Gasteiger partial charge on any atom is 0.236 e. The average molecular weight is 268 g/mol. The van der Waals surface area contributed by atoms with Crippen LogP contribution in [0.2, 0.25) is 0 Å². The van der Waals surface area contributed by atoms with E-state index in [2.05, 4.69) is 16.7 Å². The van der Waals surface area contributed by atoms with Gasteiger partial charge in [-0.05, 0) is 19.3 Å². The molecule has 1 amide bonds. The van der Waals surface area contributed by atoms with Crippen LogP contribution in [0.15, 0.2) is 0 Å². The van der Waals surface area contributed by atoms with Gasteiger partial charge in [0.15, 0.2) is 0 Å². The van der Waals surface area contributed by atoms with Gasteiger partial charge in [-0.15, -0.1) is 0 Å². The summed E-state index contributed by atoms with van der Waals surface area (Å²) in [5.74, 6) is 0.279. The lowest BCUT2D eigenvalue weighted by Gasteiger charge is -2.38. The molecular formula is C14H28N4O. The average Bonchev–Trinajstić information content (AvgIpc) is 3.25. The van der Waals surface area contributed by atoms with E-state index in [1.54, 1.807) is 0 Å². The lowest BCUT2D eigenvalue weighted by atomic mass is 10.1. The van der Waals surface area contributed by atoms with Gasteiger partial charge in [0, 0.05) is 51.9 Å². The van der Waals surface area contributed by atoms with E-state index in [0.717, 1.165) is 39.1 Å². The van der Waals surface area contributed by atoms with Gasteiger partial charge in [-0.3, -0.25) is 14.6 Å². The Morgan fingerprint density at radius 1 is 1.32 bits per heavy atom. The molecule has 0 aromatic rings. The first-order valence-corrected chi connectivity index (χ1v) is 7.57. The van der Waals surface area contributed by atoms with Gasteiger partial charge in [0.2, 0.25) is 5.91 Å². The summed E-state index contributed by atoms with van der Waals surface area (Å²) >= 11 is 0. The second-order valence-electron chi connectivity index (χ2n) is 5.85. The summed E-state index contributed by atoms with van der Waals surface area (Å²) < 4.78 is 0. The molecule has 2 aliphatic rings. The minimum Gasteiger partial charge on any atom is -0.342 e. The summed E-state index contributed by atoms with van der Waals surface area (Å²) in [6.45, 7) is 7.56. The first-order valence-electron chi connectivity index (χ1n) is 7.57. The largest absolute Gasteiger partial charge is 0.342 e. The van der Waals surface area contributed by atoms with Gasteiger partial charge in [-0.25, -0.2) is 0 Å². The van der Waals surface area contributed by atoms with E-state index in [-0.39, 0.29) is 5.91 Å². The van der Waals surface area contributed by atoms with Gasteiger partial charge in [0.25, 0.3) is 0 Å². The van der Waals surface area contributed by atoms with Crippen molar-refractivity contribution in [1.29, 1.82) is 0 Å². The number of nitrogens with zero attached hydrogens (tertiary/aromatic N) is 3. The molecule has 0 aromatic carbocycles. The SMILES string of the molecule is CCC(CN)N1CCN(CC(=O)N(C)C2CC2)CC1. The van der Waals surface area contributed by atoms with Crippen LogP contribution in [0.25, 0.3) is 0 Å². The number of amides is 1. The van der Waals surface area contributed by atoms with Gasteiger partial charge < -0.3 is 10.6 Å². The van der Waals surface area contributed by atoms with Crippen molar-refractivity contribution in [2.45, 2.75) is 38.3 Å². The molecule has 19 heavy (non-hydrogen) atoms. The van der Waals surface area contributed by atoms with E-state index in [0.29, 0.717) is 18.6 Å². The molecule has 5 nitrogen and oxygen atoms in total. The molecule has 110 valence electrons. The highest BCUT2D eigenvalue weighted by atomic mass is 16.2. The molecule has 1 heterocycles. The van der Waals surface area contributed by atoms with Crippen LogP contribution in [0, 0.1) is 0 Å². The highest BCUT2D eigenvalue weighted by molar-refractivity contribution is 5.78. The van der Waals surface area contributed by atoms with Crippen LogP contribution in [0.1, 0.15) is 26.2 Å². The van der Waals surface area contributed by atoms with E-state index < -0.39 is 0 Å². The van der Waals surface area contributed by atoms with E-state index in [4.69, 9.17) is 5.73 Å². The normalized spacial score (nSPS) is 23.3. The van der Waals surface area contributed by atoms with E-state index in [1.807, 2.05) is 11.9 Å². The Kier molecular flexibility index (Phi) is 5.19. The predicted molar refractivity (Wildman–Crippen MR) is 76.9 cm³/mol. The smallest absolute Gasteiger partial charge is 0.236 e. The van der Waals surface area contributed by atoms with Crippen molar-refractivity contribution >= 4 is 5.91 Å². The molecule has 1 saturated carbocycles. The highest BCUT2D eigenvalue weighted by Gasteiger charge is 2.31. The third kappa shape index (κ3) is 3.91. The number of hydrogen-bond acceptors (Lipinski definition) is 4. The Labute approximate surface area is 116 Å². The molecule has 1 unspecified atom stereocenters. The van der Waals surface area contributed by atoms with Crippen molar-refractivity contribution in [3.8, 4) is 0 Å². The predicted octanol–water partition coefficient (Wildman–Crippen LogP) is -0.0379. The standard InChI is InChI=1S/C14H28N4O/c1-3-12(10-15)18-8-6-17(7-9-18)11-14(19)16(2)13-4-5-13/h12-13H,3-11,15H2,1-2H3. The first kappa shape index (κ1) is 14.8. The molecule has 1 aliphatic carbocycles. The van der Waals surface area contributed by atoms with Crippen LogP contribution in [0.5, 0.6) is 0 Å². The Bertz CT molecular complexity index is 294. The lowest BCUT2D eigenvalue weighted by molar-refractivity contribution is -0.132. The van der Waals surface area contributed by atoms with Crippen molar-refractivity contribution in [1.82, 2.24) is 14.7 Å². The fourth-order valence-electron chi connectivity index (χ4n) is 2.83. The van der Waals surface area contributed by atoms with Crippen molar-refractivity contribution in [2.75, 3.05) is 46.3 Å². The molecule has 2 fully saturated rings. The first-order chi connectivity index (χ1) is 9.15. The van der Waals surface area contributed by atoms with Crippen LogP contribution >= 0.6 is 0 Å². The van der Waals surface area contributed by atoms with Gasteiger partial charge in [0.05, 0.1) is 6.54 Å². The second kappa shape index (κ2) is 6.68. The third-order valence-electron chi connectivity index (χ3n) is 4.51. The number of nitrogens with two attached hydrogens (primary N) is 1. The third-order valence-corrected chi connectivity index (χ3v) is 4.51. The maximum absolute atomic E-state index is 12.1. The van der Waals surface area contributed by atoms with Gasteiger partial charge in [-0.1, -0.05) is 6.92 Å². The van der Waals surface area contributed by atoms with Crippen LogP contribution in [-0.2, 0) is 4.79 Å². The minimum absolute atomic E-state index is 0.279. The summed E-state index contributed by atoms with van der Waals surface area (Å²) in [4.78, 5) is 18.7. The molecule has 0 radical (unpaired) electrons. The Hall–Kier alpha value is -0.650. The number of carbonyl (C=O) groups is 1. The summed E-state index contributed by atoms with van der Waals surface area (Å²) in [6, 6.07) is 1.03. The zero-order chi connectivity index (χ0) is 13.8. The van der Waals surface area contributed by atoms with E-state index in [9.17, 15) is 4.79 Å². The molecule has 1 aliphatic heterocycles. The quantitative estimate of drug-likeness (QED) is 0.734. The molecule has 0 bridgehead atoms. The van der Waals surface area contributed by atoms with Crippen LogP contribution in [0.3, 0.4) is 0 Å². The molecular weight excluding hydrogens is 240 g/mol. The number of rotatable bonds is 6. The Morgan fingerprint density at radius 2 is 1.95 bits per heavy atom. The van der Waals surface area contributed by atoms with Gasteiger partial charge in [-0.2, -0.15) is 0 Å². The summed E-state index contributed by atoms with van der Waals surface area (Å²) in [6.07, 6.45) is 3.48. The number of carbonyl (C=O) groups excluding carboxylic acids is 1. The van der Waals surface area contributed by atoms with Crippen LogP contribution in [-0.4, -0.2) is 79.0 Å². The fraction of sp³-hybridized carbons (Fsp3) is 0.929. The van der Waals surface area contributed by atoms with E-state index in [1.165, 1.54) is 12.8 Å². The molecule has 1 saturated heterocycles. The summed E-state index contributed by atoms with van der Waals surface area (Å²) in [5, 5.41) is 0. The monoisotopic (exact) mass is 268 g/mol. The minimum atomic E-state index is 0.279. The molecule has 5 heteroatoms. The van der Waals surface area contributed by atoms with Gasteiger partial charge >= 0.3 is 0 Å². The number of hydrogen-bond donors (Lipinski definition) is 1. The zero-order valence-electron chi connectivity index (χ0n) is 12.3. The molecule has 2 rings (SSSR count). The molecule has 0 aromatic heterocycles. The van der Waals surface area contributed by atoms with Crippen LogP contribution in [0.4, 0.5) is 0 Å². The zero-order valence-corrected chi connectivity index (χ0v) is 12.3. The Balaban J connectivity index is 1.72. The Morgan fingerprint density at radius 3 is 2.42 bits per heavy atom. The number of piperazine rings is 1. The van der Waals surface area contributed by atoms with E-state index >= 15 is 0 Å². The van der Waals surface area contributed by atoms with Crippen molar-refractivity contribution in [3.63, 3.8) is 0 Å². The fourth-order valence-corrected chi connectivity index (χ4v) is 2.83. The van der Waals surface area contributed by atoms with Crippen molar-refractivity contribution in [3.05, 3.63) is 0 Å². The van der Waals surface area contributed by atoms with Crippen LogP contribution < -0.4 is 5.73 Å². The lowest BCUT2D eigenvalue weighted by Crippen LogP contribution is -2.53. The maximum atomic E-state index is 12.1. The summed E-state index contributed by atoms with van der Waals surface area (Å²) in [5.41, 5.74) is 5.79. The molecule has 0 spiro atoms. The van der Waals surface area contributed by atoms with Crippen molar-refractivity contribution in [2.24, 2.45) is 5.73 Å². The van der Waals surface area contributed by atoms with Gasteiger partial charge in [0.1, 0.15) is 0 Å². The highest BCUT2D eigenvalue weighted by Crippen LogP contribution is 2.25. The number of likely N-dealkylation sites (N-methyl/N-ethyl adjacent to an activating group) is 1. The van der Waals surface area contributed by atoms with Crippen molar-refractivity contribution < 1.29 is 4.79 Å². The molecule has 1 atom stereocenters.